The lowest BCUT2D eigenvalue weighted by Crippen LogP contribution is -2.47. The number of nitrogen functional groups attached to an aromatic ring is 1. The van der Waals surface area contributed by atoms with E-state index in [0.717, 1.165) is 12.8 Å². The van der Waals surface area contributed by atoms with Crippen LogP contribution in [0.2, 0.25) is 0 Å². The van der Waals surface area contributed by atoms with Gasteiger partial charge in [-0.15, -0.1) is 0 Å². The molecular weight excluding hydrogens is 403 g/mol. The Bertz CT molecular complexity index is 962. The average molecular weight is 430 g/mol. The number of rotatable bonds is 4. The second kappa shape index (κ2) is 9.15. The number of benzene rings is 1. The molecule has 0 radical (unpaired) electrons. The summed E-state index contributed by atoms with van der Waals surface area (Å²) in [5.74, 6) is -1.02. The number of anilines is 3. The van der Waals surface area contributed by atoms with E-state index in [0.29, 0.717) is 13.1 Å². The lowest BCUT2D eigenvalue weighted by atomic mass is 10.1. The highest BCUT2D eigenvalue weighted by Crippen LogP contribution is 2.24. The molecule has 0 unspecified atom stereocenters. The van der Waals surface area contributed by atoms with Crippen molar-refractivity contribution in [3.8, 4) is 0 Å². The van der Waals surface area contributed by atoms with Gasteiger partial charge in [-0.25, -0.2) is 19.2 Å². The molecule has 1 aliphatic heterocycles. The molecule has 2 amide bonds. The number of carbonyl (C=O) groups is 2. The van der Waals surface area contributed by atoms with Gasteiger partial charge < -0.3 is 26.0 Å². The summed E-state index contributed by atoms with van der Waals surface area (Å²) >= 11 is 0. The fraction of sp³-hybridized carbons (Fsp3) is 0.429. The van der Waals surface area contributed by atoms with Crippen molar-refractivity contribution in [1.29, 1.82) is 0 Å². The van der Waals surface area contributed by atoms with Gasteiger partial charge in [0, 0.05) is 19.1 Å². The molecule has 0 saturated carbocycles. The van der Waals surface area contributed by atoms with Gasteiger partial charge in [0.1, 0.15) is 34.9 Å². The number of ether oxygens (including phenoxy) is 1. The molecule has 1 aromatic heterocycles. The molecule has 0 aliphatic carbocycles. The Balaban J connectivity index is 1.75. The van der Waals surface area contributed by atoms with Crippen LogP contribution in [0.1, 0.15) is 44.0 Å². The van der Waals surface area contributed by atoms with Crippen molar-refractivity contribution in [2.24, 2.45) is 0 Å². The van der Waals surface area contributed by atoms with Crippen molar-refractivity contribution in [2.75, 3.05) is 29.5 Å². The standard InChI is InChI=1S/C21H27FN6O3/c1-21(2,3)31-20(30)28-10-6-7-13(11-28)26-18-16(17(23)24-12-25-18)19(29)27-15-9-5-4-8-14(15)22/h4-5,8-9,12-13H,6-7,10-11H2,1-3H3,(H,27,29)(H3,23,24,25,26)/t13-/m1/s1. The Labute approximate surface area is 180 Å². The van der Waals surface area contributed by atoms with Gasteiger partial charge in [0.05, 0.1) is 5.69 Å². The van der Waals surface area contributed by atoms with Crippen LogP contribution in [-0.2, 0) is 4.74 Å². The molecule has 0 spiro atoms. The third kappa shape index (κ3) is 5.80. The molecule has 0 bridgehead atoms. The number of para-hydroxylation sites is 1. The van der Waals surface area contributed by atoms with Crippen LogP contribution in [0, 0.1) is 5.82 Å². The van der Waals surface area contributed by atoms with Crippen molar-refractivity contribution in [2.45, 2.75) is 45.3 Å². The number of likely N-dealkylation sites (tertiary alicyclic amines) is 1. The Kier molecular flexibility index (Phi) is 6.57. The lowest BCUT2D eigenvalue weighted by Gasteiger charge is -2.34. The van der Waals surface area contributed by atoms with Crippen LogP contribution < -0.4 is 16.4 Å². The van der Waals surface area contributed by atoms with Gasteiger partial charge in [0.15, 0.2) is 0 Å². The molecule has 1 aromatic carbocycles. The molecule has 4 N–H and O–H groups in total. The van der Waals surface area contributed by atoms with E-state index in [1.807, 2.05) is 20.8 Å². The SMILES string of the molecule is CC(C)(C)OC(=O)N1CCC[C@@H](Nc2ncnc(N)c2C(=O)Nc2ccccc2F)C1. The van der Waals surface area contributed by atoms with E-state index in [1.165, 1.54) is 24.5 Å². The van der Waals surface area contributed by atoms with Crippen molar-refractivity contribution in [1.82, 2.24) is 14.9 Å². The van der Waals surface area contributed by atoms with Crippen LogP contribution in [0.3, 0.4) is 0 Å². The number of halogens is 1. The zero-order chi connectivity index (χ0) is 22.6. The van der Waals surface area contributed by atoms with E-state index >= 15 is 0 Å². The minimum Gasteiger partial charge on any atom is -0.444 e. The molecule has 10 heteroatoms. The highest BCUT2D eigenvalue weighted by atomic mass is 19.1. The van der Waals surface area contributed by atoms with Crippen molar-refractivity contribution >= 4 is 29.3 Å². The third-order valence-corrected chi connectivity index (χ3v) is 4.64. The summed E-state index contributed by atoms with van der Waals surface area (Å²) in [4.78, 5) is 34.9. The fourth-order valence-corrected chi connectivity index (χ4v) is 3.26. The monoisotopic (exact) mass is 430 g/mol. The largest absolute Gasteiger partial charge is 0.444 e. The Hall–Kier alpha value is -3.43. The number of nitrogens with zero attached hydrogens (tertiary/aromatic N) is 3. The number of hydrogen-bond acceptors (Lipinski definition) is 7. The first kappa shape index (κ1) is 22.3. The molecule has 1 atom stereocenters. The summed E-state index contributed by atoms with van der Waals surface area (Å²) in [6, 6.07) is 5.65. The molecule has 1 saturated heterocycles. The summed E-state index contributed by atoms with van der Waals surface area (Å²) in [6.45, 7) is 6.41. The van der Waals surface area contributed by atoms with Gasteiger partial charge in [0.2, 0.25) is 0 Å². The number of nitrogens with one attached hydrogen (secondary N) is 2. The molecule has 1 fully saturated rings. The minimum absolute atomic E-state index is 0.0140. The number of hydrogen-bond donors (Lipinski definition) is 3. The number of nitrogens with two attached hydrogens (primary N) is 1. The maximum Gasteiger partial charge on any atom is 0.410 e. The lowest BCUT2D eigenvalue weighted by molar-refractivity contribution is 0.0206. The number of carbonyl (C=O) groups excluding carboxylic acids is 2. The Morgan fingerprint density at radius 2 is 2.00 bits per heavy atom. The van der Waals surface area contributed by atoms with Gasteiger partial charge in [0.25, 0.3) is 5.91 Å². The van der Waals surface area contributed by atoms with Crippen molar-refractivity contribution < 1.29 is 18.7 Å². The average Bonchev–Trinajstić information content (AvgIpc) is 2.69. The van der Waals surface area contributed by atoms with Crippen LogP contribution >= 0.6 is 0 Å². The van der Waals surface area contributed by atoms with Gasteiger partial charge >= 0.3 is 6.09 Å². The Morgan fingerprint density at radius 3 is 2.71 bits per heavy atom. The van der Waals surface area contributed by atoms with E-state index in [9.17, 15) is 14.0 Å². The molecule has 1 aliphatic rings. The van der Waals surface area contributed by atoms with Crippen LogP contribution in [-0.4, -0.2) is 51.6 Å². The zero-order valence-electron chi connectivity index (χ0n) is 17.8. The highest BCUT2D eigenvalue weighted by molar-refractivity contribution is 6.10. The van der Waals surface area contributed by atoms with Crippen LogP contribution in [0.4, 0.5) is 26.5 Å². The van der Waals surface area contributed by atoms with Crippen LogP contribution in [0.15, 0.2) is 30.6 Å². The quantitative estimate of drug-likeness (QED) is 0.680. The topological polar surface area (TPSA) is 122 Å². The summed E-state index contributed by atoms with van der Waals surface area (Å²) in [7, 11) is 0. The molecule has 2 aromatic rings. The molecule has 166 valence electrons. The van der Waals surface area contributed by atoms with E-state index in [2.05, 4.69) is 20.6 Å². The van der Waals surface area contributed by atoms with Crippen LogP contribution in [0.5, 0.6) is 0 Å². The van der Waals surface area contributed by atoms with Gasteiger partial charge in [-0.2, -0.15) is 0 Å². The van der Waals surface area contributed by atoms with E-state index in [1.54, 1.807) is 11.0 Å². The second-order valence-corrected chi connectivity index (χ2v) is 8.33. The van der Waals surface area contributed by atoms with Crippen molar-refractivity contribution in [3.63, 3.8) is 0 Å². The van der Waals surface area contributed by atoms with Gasteiger partial charge in [-0.1, -0.05) is 12.1 Å². The molecule has 31 heavy (non-hydrogen) atoms. The number of aromatic nitrogens is 2. The molecule has 2 heterocycles. The van der Waals surface area contributed by atoms with Gasteiger partial charge in [-0.05, 0) is 45.7 Å². The zero-order valence-corrected chi connectivity index (χ0v) is 17.8. The predicted molar refractivity (Wildman–Crippen MR) is 115 cm³/mol. The molecule has 3 rings (SSSR count). The van der Waals surface area contributed by atoms with E-state index in [4.69, 9.17) is 10.5 Å². The number of amides is 2. The summed E-state index contributed by atoms with van der Waals surface area (Å²) in [6.07, 6.45) is 2.37. The predicted octanol–water partition coefficient (Wildman–Crippen LogP) is 3.26. The molecule has 9 nitrogen and oxygen atoms in total. The first-order valence-corrected chi connectivity index (χ1v) is 10.0. The smallest absolute Gasteiger partial charge is 0.410 e. The van der Waals surface area contributed by atoms with E-state index in [-0.39, 0.29) is 28.9 Å². The minimum atomic E-state index is -0.634. The number of piperidine rings is 1. The Morgan fingerprint density at radius 1 is 1.26 bits per heavy atom. The first-order valence-electron chi connectivity index (χ1n) is 10.0. The fourth-order valence-electron chi connectivity index (χ4n) is 3.26. The summed E-state index contributed by atoms with van der Waals surface area (Å²) in [5.41, 5.74) is 5.38. The maximum absolute atomic E-state index is 13.9. The van der Waals surface area contributed by atoms with E-state index < -0.39 is 23.4 Å². The first-order chi connectivity index (χ1) is 14.6. The van der Waals surface area contributed by atoms with Gasteiger partial charge in [-0.3, -0.25) is 4.79 Å². The maximum atomic E-state index is 13.9. The highest BCUT2D eigenvalue weighted by Gasteiger charge is 2.29. The third-order valence-electron chi connectivity index (χ3n) is 4.64. The van der Waals surface area contributed by atoms with Crippen molar-refractivity contribution in [3.05, 3.63) is 42.0 Å². The summed E-state index contributed by atoms with van der Waals surface area (Å²) < 4.78 is 19.4. The normalized spacial score (nSPS) is 16.5. The second-order valence-electron chi connectivity index (χ2n) is 8.33. The molecular formula is C21H27FN6O3. The summed E-state index contributed by atoms with van der Waals surface area (Å²) in [5, 5.41) is 5.68. The van der Waals surface area contributed by atoms with Crippen LogP contribution in [0.25, 0.3) is 0 Å².